The number of benzene rings is 3. The molecule has 8 heteroatoms. The molecule has 0 radical (unpaired) electrons. The molecule has 0 saturated carbocycles. The van der Waals surface area contributed by atoms with Crippen LogP contribution in [0.15, 0.2) is 97.7 Å². The van der Waals surface area contributed by atoms with Crippen molar-refractivity contribution in [3.63, 3.8) is 0 Å². The van der Waals surface area contributed by atoms with Crippen LogP contribution < -0.4 is 5.32 Å². The average molecular weight is 451 g/mol. The Morgan fingerprint density at radius 1 is 1.09 bits per heavy atom. The number of para-hydroxylation sites is 1. The third-order valence-corrected chi connectivity index (χ3v) is 5.88. The molecule has 5 aromatic rings. The number of nitro groups is 1. The molecule has 1 amide bonds. The molecule has 2 heterocycles. The third-order valence-electron chi connectivity index (χ3n) is 5.88. The lowest BCUT2D eigenvalue weighted by Gasteiger charge is -2.18. The Kier molecular flexibility index (Phi) is 5.61. The lowest BCUT2D eigenvalue weighted by molar-refractivity contribution is -0.384. The largest absolute Gasteiger partial charge is 0.361 e. The van der Waals surface area contributed by atoms with Gasteiger partial charge >= 0.3 is 0 Å². The first-order valence-electron chi connectivity index (χ1n) is 10.8. The highest BCUT2D eigenvalue weighted by Gasteiger charge is 2.22. The number of nitro benzene ring substituents is 1. The quantitative estimate of drug-likeness (QED) is 0.273. The van der Waals surface area contributed by atoms with Gasteiger partial charge in [-0.15, -0.1) is 0 Å². The summed E-state index contributed by atoms with van der Waals surface area (Å²) in [5.41, 5.74) is 3.57. The molecule has 2 N–H and O–H groups in total. The summed E-state index contributed by atoms with van der Waals surface area (Å²) in [5, 5.41) is 15.7. The van der Waals surface area contributed by atoms with Crippen molar-refractivity contribution in [2.24, 2.45) is 0 Å². The Labute approximate surface area is 195 Å². The first-order chi connectivity index (χ1) is 16.6. The van der Waals surface area contributed by atoms with Gasteiger partial charge in [-0.3, -0.25) is 14.9 Å². The van der Waals surface area contributed by atoms with Crippen molar-refractivity contribution < 1.29 is 9.72 Å². The van der Waals surface area contributed by atoms with Crippen LogP contribution in [-0.2, 0) is 0 Å². The van der Waals surface area contributed by atoms with E-state index in [2.05, 4.69) is 21.4 Å². The molecule has 8 nitrogen and oxygen atoms in total. The number of carbonyl (C=O) groups excluding carboxylic acids is 1. The van der Waals surface area contributed by atoms with E-state index < -0.39 is 4.92 Å². The lowest BCUT2D eigenvalue weighted by Crippen LogP contribution is -2.29. The highest BCUT2D eigenvalue weighted by atomic mass is 16.6. The fourth-order valence-corrected chi connectivity index (χ4v) is 4.20. The molecule has 168 valence electrons. The molecular weight excluding hydrogens is 430 g/mol. The molecule has 0 aliphatic carbocycles. The van der Waals surface area contributed by atoms with Gasteiger partial charge in [0.15, 0.2) is 0 Å². The summed E-state index contributed by atoms with van der Waals surface area (Å²) in [7, 11) is 0. The number of hydrogen-bond donors (Lipinski definition) is 2. The maximum absolute atomic E-state index is 13.0. The molecule has 3 aromatic carbocycles. The molecule has 0 aliphatic heterocycles. The van der Waals surface area contributed by atoms with E-state index in [0.717, 1.165) is 22.0 Å². The van der Waals surface area contributed by atoms with Crippen molar-refractivity contribution in [2.45, 2.75) is 5.92 Å². The van der Waals surface area contributed by atoms with E-state index in [0.29, 0.717) is 12.2 Å². The molecule has 34 heavy (non-hydrogen) atoms. The van der Waals surface area contributed by atoms with Crippen LogP contribution in [0.4, 0.5) is 5.69 Å². The molecule has 0 saturated heterocycles. The first kappa shape index (κ1) is 21.1. The summed E-state index contributed by atoms with van der Waals surface area (Å²) >= 11 is 0. The lowest BCUT2D eigenvalue weighted by atomic mass is 9.91. The summed E-state index contributed by atoms with van der Waals surface area (Å²) in [5.74, 6) is -0.470. The van der Waals surface area contributed by atoms with Gasteiger partial charge in [-0.1, -0.05) is 48.5 Å². The Bertz CT molecular complexity index is 1460. The Morgan fingerprint density at radius 3 is 2.65 bits per heavy atom. The molecule has 0 aliphatic rings. The zero-order valence-corrected chi connectivity index (χ0v) is 18.1. The van der Waals surface area contributed by atoms with Crippen LogP contribution in [0.5, 0.6) is 0 Å². The van der Waals surface area contributed by atoms with Gasteiger partial charge in [0.1, 0.15) is 5.69 Å². The minimum absolute atomic E-state index is 0.0958. The number of aromatic nitrogens is 3. The number of amides is 1. The predicted molar refractivity (Wildman–Crippen MR) is 129 cm³/mol. The van der Waals surface area contributed by atoms with Gasteiger partial charge in [0, 0.05) is 53.6 Å². The second-order valence-corrected chi connectivity index (χ2v) is 7.89. The van der Waals surface area contributed by atoms with Crippen molar-refractivity contribution in [3.8, 4) is 5.69 Å². The summed E-state index contributed by atoms with van der Waals surface area (Å²) in [4.78, 5) is 31.4. The van der Waals surface area contributed by atoms with Crippen molar-refractivity contribution >= 4 is 22.5 Å². The number of aromatic amines is 1. The minimum Gasteiger partial charge on any atom is -0.361 e. The number of imidazole rings is 1. The zero-order valence-electron chi connectivity index (χ0n) is 18.1. The highest BCUT2D eigenvalue weighted by Crippen LogP contribution is 2.31. The van der Waals surface area contributed by atoms with Crippen molar-refractivity contribution in [1.82, 2.24) is 19.9 Å². The topological polar surface area (TPSA) is 106 Å². The highest BCUT2D eigenvalue weighted by molar-refractivity contribution is 5.95. The molecule has 1 atom stereocenters. The van der Waals surface area contributed by atoms with Crippen LogP contribution in [0, 0.1) is 10.1 Å². The number of nitrogens with one attached hydrogen (secondary N) is 2. The molecule has 1 unspecified atom stereocenters. The van der Waals surface area contributed by atoms with E-state index in [-0.39, 0.29) is 23.1 Å². The van der Waals surface area contributed by atoms with E-state index in [1.54, 1.807) is 29.1 Å². The van der Waals surface area contributed by atoms with Gasteiger partial charge in [-0.05, 0) is 29.3 Å². The Balaban J connectivity index is 1.43. The maximum atomic E-state index is 13.0. The summed E-state index contributed by atoms with van der Waals surface area (Å²) < 4.78 is 1.54. The zero-order chi connectivity index (χ0) is 23.5. The normalized spacial score (nSPS) is 11.9. The first-order valence-corrected chi connectivity index (χ1v) is 10.8. The van der Waals surface area contributed by atoms with Gasteiger partial charge in [-0.2, -0.15) is 0 Å². The van der Waals surface area contributed by atoms with Gasteiger partial charge in [-0.25, -0.2) is 4.98 Å². The Hall–Kier alpha value is -4.72. The van der Waals surface area contributed by atoms with Gasteiger partial charge in [0.05, 0.1) is 11.3 Å². The second kappa shape index (κ2) is 9.03. The van der Waals surface area contributed by atoms with Crippen molar-refractivity contribution in [1.29, 1.82) is 0 Å². The number of fused-ring (bicyclic) bond motifs is 1. The minimum atomic E-state index is -0.495. The van der Waals surface area contributed by atoms with Crippen LogP contribution in [0.3, 0.4) is 0 Å². The van der Waals surface area contributed by atoms with Crippen LogP contribution in [0.1, 0.15) is 27.4 Å². The second-order valence-electron chi connectivity index (χ2n) is 7.89. The monoisotopic (exact) mass is 451 g/mol. The summed E-state index contributed by atoms with van der Waals surface area (Å²) in [6.07, 6.45) is 6.61. The summed E-state index contributed by atoms with van der Waals surface area (Å²) in [6.45, 7) is 0.335. The third kappa shape index (κ3) is 4.04. The fourth-order valence-electron chi connectivity index (χ4n) is 4.20. The van der Waals surface area contributed by atoms with E-state index >= 15 is 0 Å². The molecule has 5 rings (SSSR count). The van der Waals surface area contributed by atoms with Gasteiger partial charge < -0.3 is 14.9 Å². The Morgan fingerprint density at radius 2 is 1.88 bits per heavy atom. The molecule has 0 fully saturated rings. The smallest absolute Gasteiger partial charge is 0.294 e. The van der Waals surface area contributed by atoms with E-state index in [4.69, 9.17) is 0 Å². The van der Waals surface area contributed by atoms with E-state index in [1.165, 1.54) is 12.4 Å². The number of H-pyrrole nitrogens is 1. The SMILES string of the molecule is O=C(NCC(c1ccccc1)c1c[nH]c2ccccc12)c1ccc(-n2ccnc2)c([N+](=O)[O-])c1. The van der Waals surface area contributed by atoms with Crippen LogP contribution in [0.25, 0.3) is 16.6 Å². The van der Waals surface area contributed by atoms with Crippen LogP contribution >= 0.6 is 0 Å². The number of hydrogen-bond acceptors (Lipinski definition) is 4. The molecule has 0 spiro atoms. The van der Waals surface area contributed by atoms with Crippen LogP contribution in [-0.4, -0.2) is 31.9 Å². The van der Waals surface area contributed by atoms with Crippen molar-refractivity contribution in [3.05, 3.63) is 125 Å². The fraction of sp³-hybridized carbons (Fsp3) is 0.0769. The standard InChI is InChI=1S/C26H21N5O3/c32-26(19-10-11-24(25(14-19)31(33)34)30-13-12-27-17-30)29-15-21(18-6-2-1-3-7-18)22-16-28-23-9-5-4-8-20(22)23/h1-14,16-17,21,28H,15H2,(H,29,32). The van der Waals surface area contributed by atoms with Crippen LogP contribution in [0.2, 0.25) is 0 Å². The number of rotatable bonds is 7. The van der Waals surface area contributed by atoms with E-state index in [1.807, 2.05) is 54.7 Å². The molecular formula is C26H21N5O3. The van der Waals surface area contributed by atoms with Gasteiger partial charge in [0.2, 0.25) is 0 Å². The number of carbonyl (C=O) groups is 1. The average Bonchev–Trinajstić information content (AvgIpc) is 3.55. The van der Waals surface area contributed by atoms with Gasteiger partial charge in [0.25, 0.3) is 11.6 Å². The van der Waals surface area contributed by atoms with Crippen molar-refractivity contribution in [2.75, 3.05) is 6.54 Å². The van der Waals surface area contributed by atoms with E-state index in [9.17, 15) is 14.9 Å². The predicted octanol–water partition coefficient (Wildman–Crippen LogP) is 4.82. The molecule has 2 aromatic heterocycles. The number of nitrogens with zero attached hydrogens (tertiary/aromatic N) is 3. The molecule has 0 bridgehead atoms. The summed E-state index contributed by atoms with van der Waals surface area (Å²) in [6, 6.07) is 22.4. The maximum Gasteiger partial charge on any atom is 0.294 e.